The molecule has 5 heteroatoms. The average Bonchev–Trinajstić information content (AvgIpc) is 2.42. The van der Waals surface area contributed by atoms with Gasteiger partial charge in [0.2, 0.25) is 5.91 Å². The number of amides is 1. The first kappa shape index (κ1) is 16.1. The highest BCUT2D eigenvalue weighted by molar-refractivity contribution is 5.82. The molecule has 1 atom stereocenters. The molecule has 0 aliphatic heterocycles. The molecule has 20 heavy (non-hydrogen) atoms. The second kappa shape index (κ2) is 7.01. The van der Waals surface area contributed by atoms with Crippen LogP contribution in [-0.2, 0) is 11.3 Å². The van der Waals surface area contributed by atoms with Crippen molar-refractivity contribution in [1.82, 2.24) is 9.88 Å². The van der Waals surface area contributed by atoms with E-state index in [2.05, 4.69) is 11.1 Å². The van der Waals surface area contributed by atoms with Gasteiger partial charge in [-0.1, -0.05) is 26.8 Å². The lowest BCUT2D eigenvalue weighted by Gasteiger charge is -2.31. The van der Waals surface area contributed by atoms with Crippen LogP contribution in [0.4, 0.5) is 0 Å². The van der Waals surface area contributed by atoms with Gasteiger partial charge in [-0.05, 0) is 17.0 Å². The van der Waals surface area contributed by atoms with Crippen LogP contribution in [0, 0.1) is 16.7 Å². The van der Waals surface area contributed by atoms with Crippen molar-refractivity contribution in [2.45, 2.75) is 39.8 Å². The second-order valence-electron chi connectivity index (χ2n) is 5.87. The van der Waals surface area contributed by atoms with Gasteiger partial charge in [0.05, 0.1) is 18.5 Å². The Balaban J connectivity index is 2.84. The largest absolute Gasteiger partial charge is 0.336 e. The molecule has 0 aromatic carbocycles. The maximum atomic E-state index is 12.5. The maximum absolute atomic E-state index is 12.5. The summed E-state index contributed by atoms with van der Waals surface area (Å²) in [7, 11) is 0. The third-order valence-electron chi connectivity index (χ3n) is 3.10. The molecule has 0 saturated carbocycles. The quantitative estimate of drug-likeness (QED) is 0.885. The summed E-state index contributed by atoms with van der Waals surface area (Å²) >= 11 is 0. The van der Waals surface area contributed by atoms with Crippen molar-refractivity contribution in [3.8, 4) is 6.07 Å². The molecule has 1 rings (SSSR count). The van der Waals surface area contributed by atoms with Crippen molar-refractivity contribution in [2.75, 3.05) is 6.54 Å². The van der Waals surface area contributed by atoms with E-state index in [1.165, 1.54) is 0 Å². The minimum atomic E-state index is -0.585. The molecule has 0 fully saturated rings. The van der Waals surface area contributed by atoms with Gasteiger partial charge in [0.25, 0.3) is 0 Å². The van der Waals surface area contributed by atoms with Crippen molar-refractivity contribution in [2.24, 2.45) is 11.1 Å². The molecular weight excluding hydrogens is 252 g/mol. The van der Waals surface area contributed by atoms with Gasteiger partial charge in [-0.2, -0.15) is 5.26 Å². The number of carbonyl (C=O) groups excluding carboxylic acids is 1. The van der Waals surface area contributed by atoms with E-state index in [-0.39, 0.29) is 11.3 Å². The molecule has 1 aromatic rings. The zero-order valence-corrected chi connectivity index (χ0v) is 12.3. The zero-order chi connectivity index (χ0) is 15.2. The standard InChI is InChI=1S/C15H22N4O/c1-15(2,3)13(17)14(20)19(9-5-7-16)11-12-6-4-8-18-10-12/h4,6,8,10,13H,5,9,11,17H2,1-3H3/t13-/m0/s1. The predicted octanol–water partition coefficient (Wildman–Crippen LogP) is 1.70. The van der Waals surface area contributed by atoms with E-state index in [4.69, 9.17) is 11.0 Å². The summed E-state index contributed by atoms with van der Waals surface area (Å²) in [6, 6.07) is 5.21. The molecule has 0 spiro atoms. The lowest BCUT2D eigenvalue weighted by atomic mass is 9.86. The van der Waals surface area contributed by atoms with Crippen LogP contribution in [0.25, 0.3) is 0 Å². The van der Waals surface area contributed by atoms with Crippen LogP contribution in [0.5, 0.6) is 0 Å². The summed E-state index contributed by atoms with van der Waals surface area (Å²) in [6.07, 6.45) is 3.70. The Labute approximate surface area is 120 Å². The molecule has 1 heterocycles. The van der Waals surface area contributed by atoms with E-state index < -0.39 is 6.04 Å². The van der Waals surface area contributed by atoms with Crippen LogP contribution >= 0.6 is 0 Å². The van der Waals surface area contributed by atoms with Crippen LogP contribution in [0.2, 0.25) is 0 Å². The van der Waals surface area contributed by atoms with Gasteiger partial charge in [-0.3, -0.25) is 9.78 Å². The smallest absolute Gasteiger partial charge is 0.240 e. The zero-order valence-electron chi connectivity index (χ0n) is 12.3. The van der Waals surface area contributed by atoms with E-state index in [1.807, 2.05) is 32.9 Å². The first-order valence-electron chi connectivity index (χ1n) is 6.66. The van der Waals surface area contributed by atoms with Gasteiger partial charge in [0, 0.05) is 25.5 Å². The Kier molecular flexibility index (Phi) is 5.66. The van der Waals surface area contributed by atoms with Crippen LogP contribution in [0.3, 0.4) is 0 Å². The average molecular weight is 274 g/mol. The van der Waals surface area contributed by atoms with Crippen LogP contribution in [0.1, 0.15) is 32.8 Å². The molecule has 0 aliphatic rings. The van der Waals surface area contributed by atoms with Crippen molar-refractivity contribution < 1.29 is 4.79 Å². The summed E-state index contributed by atoms with van der Waals surface area (Å²) in [6.45, 7) is 6.61. The Bertz CT molecular complexity index is 473. The topological polar surface area (TPSA) is 83.0 Å². The van der Waals surface area contributed by atoms with E-state index in [0.29, 0.717) is 19.5 Å². The lowest BCUT2D eigenvalue weighted by molar-refractivity contribution is -0.135. The number of hydrogen-bond donors (Lipinski definition) is 1. The number of nitriles is 1. The highest BCUT2D eigenvalue weighted by Crippen LogP contribution is 2.20. The van der Waals surface area contributed by atoms with Crippen LogP contribution in [-0.4, -0.2) is 28.4 Å². The lowest BCUT2D eigenvalue weighted by Crippen LogP contribution is -2.50. The predicted molar refractivity (Wildman–Crippen MR) is 77.3 cm³/mol. The maximum Gasteiger partial charge on any atom is 0.240 e. The minimum absolute atomic E-state index is 0.128. The highest BCUT2D eigenvalue weighted by Gasteiger charge is 2.30. The molecule has 0 aliphatic carbocycles. The first-order chi connectivity index (χ1) is 9.36. The first-order valence-corrected chi connectivity index (χ1v) is 6.66. The van der Waals surface area contributed by atoms with Crippen LogP contribution < -0.4 is 5.73 Å². The fourth-order valence-corrected chi connectivity index (χ4v) is 1.73. The molecule has 0 radical (unpaired) electrons. The van der Waals surface area contributed by atoms with Gasteiger partial charge < -0.3 is 10.6 Å². The summed E-state index contributed by atoms with van der Waals surface area (Å²) in [5.41, 5.74) is 6.65. The van der Waals surface area contributed by atoms with Gasteiger partial charge >= 0.3 is 0 Å². The van der Waals surface area contributed by atoms with Gasteiger partial charge in [-0.15, -0.1) is 0 Å². The number of hydrogen-bond acceptors (Lipinski definition) is 4. The highest BCUT2D eigenvalue weighted by atomic mass is 16.2. The summed E-state index contributed by atoms with van der Waals surface area (Å²) < 4.78 is 0. The minimum Gasteiger partial charge on any atom is -0.336 e. The van der Waals surface area contributed by atoms with Crippen molar-refractivity contribution in [3.05, 3.63) is 30.1 Å². The molecule has 1 aromatic heterocycles. The molecular formula is C15H22N4O. The van der Waals surface area contributed by atoms with E-state index in [9.17, 15) is 4.79 Å². The Morgan fingerprint density at radius 1 is 1.55 bits per heavy atom. The third kappa shape index (κ3) is 4.63. The van der Waals surface area contributed by atoms with Gasteiger partial charge in [0.1, 0.15) is 0 Å². The number of nitrogens with two attached hydrogens (primary N) is 1. The fourth-order valence-electron chi connectivity index (χ4n) is 1.73. The van der Waals surface area contributed by atoms with Crippen LogP contribution in [0.15, 0.2) is 24.5 Å². The molecule has 2 N–H and O–H groups in total. The Morgan fingerprint density at radius 3 is 2.75 bits per heavy atom. The Hall–Kier alpha value is -1.93. The molecule has 0 saturated heterocycles. The molecule has 0 unspecified atom stereocenters. The van der Waals surface area contributed by atoms with Gasteiger partial charge in [-0.25, -0.2) is 0 Å². The molecule has 108 valence electrons. The van der Waals surface area contributed by atoms with E-state index in [1.54, 1.807) is 17.3 Å². The SMILES string of the molecule is CC(C)(C)[C@@H](N)C(=O)N(CCC#N)Cc1cccnc1. The summed E-state index contributed by atoms with van der Waals surface area (Å²) in [4.78, 5) is 18.1. The van der Waals surface area contributed by atoms with Crippen molar-refractivity contribution in [3.63, 3.8) is 0 Å². The monoisotopic (exact) mass is 274 g/mol. The van der Waals surface area contributed by atoms with E-state index >= 15 is 0 Å². The van der Waals surface area contributed by atoms with Gasteiger partial charge in [0.15, 0.2) is 0 Å². The summed E-state index contributed by atoms with van der Waals surface area (Å²) in [5.74, 6) is -0.128. The molecule has 1 amide bonds. The van der Waals surface area contributed by atoms with E-state index in [0.717, 1.165) is 5.56 Å². The molecule has 5 nitrogen and oxygen atoms in total. The summed E-state index contributed by atoms with van der Waals surface area (Å²) in [5, 5.41) is 8.73. The number of aromatic nitrogens is 1. The van der Waals surface area contributed by atoms with Crippen molar-refractivity contribution >= 4 is 5.91 Å². The van der Waals surface area contributed by atoms with Crippen molar-refractivity contribution in [1.29, 1.82) is 5.26 Å². The number of carbonyl (C=O) groups is 1. The number of rotatable bonds is 5. The number of nitrogens with zero attached hydrogens (tertiary/aromatic N) is 3. The number of pyridine rings is 1. The third-order valence-corrected chi connectivity index (χ3v) is 3.10. The fraction of sp³-hybridized carbons (Fsp3) is 0.533. The normalized spacial score (nSPS) is 12.6. The molecule has 0 bridgehead atoms. The second-order valence-corrected chi connectivity index (χ2v) is 5.87. The Morgan fingerprint density at radius 2 is 2.25 bits per heavy atom.